The van der Waals surface area contributed by atoms with Gasteiger partial charge >= 0.3 is 0 Å². The normalized spacial score (nSPS) is 55.3. The largest absolute Gasteiger partial charge is 0.394 e. The Kier molecular flexibility index (Phi) is 20.6. The zero-order valence-corrected chi connectivity index (χ0v) is 40.1. The predicted molar refractivity (Wildman–Crippen MR) is 227 cm³/mol. The lowest BCUT2D eigenvalue weighted by atomic mass is 9.95. The summed E-state index contributed by atoms with van der Waals surface area (Å²) in [6, 6.07) is 0. The summed E-state index contributed by atoms with van der Waals surface area (Å²) in [7, 11) is 0. The Bertz CT molecular complexity index is 1850. The minimum absolute atomic E-state index is 0.0401. The Labute approximate surface area is 433 Å². The third-order valence-corrected chi connectivity index (χ3v) is 14.7. The first-order valence-electron chi connectivity index (χ1n) is 24.5. The number of rotatable bonds is 7. The van der Waals surface area contributed by atoms with E-state index in [1.165, 1.54) is 0 Å². The molecule has 0 aromatic heterocycles. The first-order chi connectivity index (χ1) is 36.7. The van der Waals surface area contributed by atoms with Crippen LogP contribution in [0.3, 0.4) is 0 Å². The molecule has 35 atom stereocenters. The van der Waals surface area contributed by atoms with E-state index in [0.717, 1.165) is 0 Å². The van der Waals surface area contributed by atoms with Crippen LogP contribution < -0.4 is 0 Å². The standard InChI is InChI=1S/C42H68O35/c43-1-8-29-15(50)22(57)36(64-8)72-30-9(2-44)66-38(24(59)17(30)52)74-32-11(4-46)68-40(26(61)19(32)54)76-34-13(6-48)70-42(28(63)21(34)56)77-35-14(7-49)69-41(27(62)20(35)55)75-33-12(5-47)67-39(25(60)18(33)53)73-31-10(3-45)65-37(71-29)23(58)16(31)51/h1,8-42,44-63H,2-7H2/t8-,9-,10-,11-,12-,13-,14-,15-,16-,17-,18-,19-,20-,21-,22-,23-,24-,25-,26-,27-,28-,29-,30-,31-,32-,33-,34-,35-,36?,37?,38?,39?,40?,41?,42?/m1/s1. The van der Waals surface area contributed by atoms with Gasteiger partial charge in [0.1, 0.15) is 171 Å². The summed E-state index contributed by atoms with van der Waals surface area (Å²) in [4.78, 5) is 12.4. The van der Waals surface area contributed by atoms with Gasteiger partial charge in [0, 0.05) is 0 Å². The molecule has 35 heteroatoms. The van der Waals surface area contributed by atoms with E-state index in [-0.39, 0.29) is 6.29 Å². The highest BCUT2D eigenvalue weighted by Crippen LogP contribution is 2.38. The molecule has 0 amide bonds. The molecule has 21 aliphatic rings. The summed E-state index contributed by atoms with van der Waals surface area (Å²) in [6.45, 7) is -6.35. The monoisotopic (exact) mass is 1130 g/mol. The van der Waals surface area contributed by atoms with E-state index in [9.17, 15) is 107 Å². The smallest absolute Gasteiger partial charge is 0.187 e. The molecule has 0 aromatic rings. The van der Waals surface area contributed by atoms with Gasteiger partial charge in [0.15, 0.2) is 50.3 Å². The summed E-state index contributed by atoms with van der Waals surface area (Å²) >= 11 is 0. The van der Waals surface area contributed by atoms with Gasteiger partial charge in [-0.1, -0.05) is 0 Å². The number of hydrogen-bond donors (Lipinski definition) is 20. The quantitative estimate of drug-likeness (QED) is 0.105. The number of aldehydes is 1. The Balaban J connectivity index is 1.08. The average molecular weight is 1130 g/mol. The molecule has 0 saturated carbocycles. The van der Waals surface area contributed by atoms with Gasteiger partial charge in [-0.05, 0) is 0 Å². The molecule has 0 spiro atoms. The van der Waals surface area contributed by atoms with Crippen LogP contribution in [0.1, 0.15) is 0 Å². The zero-order chi connectivity index (χ0) is 56.1. The van der Waals surface area contributed by atoms with Crippen LogP contribution in [-0.4, -0.2) is 363 Å². The van der Waals surface area contributed by atoms with Gasteiger partial charge in [-0.25, -0.2) is 0 Å². The Hall–Kier alpha value is -1.69. The van der Waals surface area contributed by atoms with Gasteiger partial charge in [-0.3, -0.25) is 0 Å². The molecule has 0 aromatic carbocycles. The minimum Gasteiger partial charge on any atom is -0.394 e. The van der Waals surface area contributed by atoms with Crippen molar-refractivity contribution in [1.29, 1.82) is 0 Å². The summed E-state index contributed by atoms with van der Waals surface area (Å²) < 4.78 is 79.1. The molecule has 0 aliphatic carbocycles. The van der Waals surface area contributed by atoms with Crippen molar-refractivity contribution in [2.24, 2.45) is 0 Å². The number of carbonyl (C=O) groups is 1. The molecule has 21 rings (SSSR count). The van der Waals surface area contributed by atoms with E-state index in [1.807, 2.05) is 0 Å². The maximum absolute atomic E-state index is 12.4. The van der Waals surface area contributed by atoms with Gasteiger partial charge in [-0.2, -0.15) is 0 Å². The molecule has 21 fully saturated rings. The third kappa shape index (κ3) is 12.0. The lowest BCUT2D eigenvalue weighted by molar-refractivity contribution is -0.396. The van der Waals surface area contributed by atoms with Crippen LogP contribution >= 0.6 is 0 Å². The van der Waals surface area contributed by atoms with Crippen molar-refractivity contribution in [3.63, 3.8) is 0 Å². The van der Waals surface area contributed by atoms with Crippen molar-refractivity contribution in [2.45, 2.75) is 215 Å². The van der Waals surface area contributed by atoms with Crippen molar-refractivity contribution in [2.75, 3.05) is 39.6 Å². The second kappa shape index (κ2) is 25.8. The van der Waals surface area contributed by atoms with E-state index in [4.69, 9.17) is 66.3 Å². The summed E-state index contributed by atoms with van der Waals surface area (Å²) in [6.07, 6.45) is -71.2. The molecular weight excluding hydrogens is 1060 g/mol. The SMILES string of the molecule is O=C[C@H]1OC2O[C@H]3[C@H](O)[C@@H](O)C(O[C@H]4[C@H](O)[C@@H](O)C(O[C@H]5[C@H](O)[C@@H](O)C(O[C@H]6[C@H](O)[C@@H](O)C(O[C@H]7[C@H](O)[C@@H](O)C(O[C@H]8[C@H](O)[C@@H](O)C(O[C@H]1[C@H](O)[C@H]2O)O[C@@H]8CO)O[C@@H]7CO)O[C@@H]6CO)O[C@@H]5CO)O[C@@H]4CO)O[C@@H]3CO. The maximum atomic E-state index is 12.4. The van der Waals surface area contributed by atoms with E-state index < -0.39 is 255 Å². The predicted octanol–water partition coefficient (Wildman–Crippen LogP) is -15.0. The van der Waals surface area contributed by atoms with E-state index in [2.05, 4.69) is 0 Å². The first-order valence-corrected chi connectivity index (χ1v) is 24.5. The van der Waals surface area contributed by atoms with Crippen LogP contribution in [0.15, 0.2) is 0 Å². The number of aliphatic hydroxyl groups excluding tert-OH is 20. The highest BCUT2D eigenvalue weighted by atomic mass is 16.8. The van der Waals surface area contributed by atoms with Crippen molar-refractivity contribution >= 4 is 6.29 Å². The second-order valence-corrected chi connectivity index (χ2v) is 19.5. The maximum Gasteiger partial charge on any atom is 0.187 e. The van der Waals surface area contributed by atoms with Gasteiger partial charge < -0.3 is 173 Å². The minimum atomic E-state index is -2.25. The topological polar surface area (TPSA) is 551 Å². The molecule has 20 N–H and O–H groups in total. The third-order valence-electron chi connectivity index (χ3n) is 14.7. The van der Waals surface area contributed by atoms with Gasteiger partial charge in [-0.15, -0.1) is 0 Å². The van der Waals surface area contributed by atoms with Crippen LogP contribution in [0.2, 0.25) is 0 Å². The molecule has 35 nitrogen and oxygen atoms in total. The van der Waals surface area contributed by atoms with Crippen LogP contribution in [0.4, 0.5) is 0 Å². The van der Waals surface area contributed by atoms with E-state index >= 15 is 0 Å². The first kappa shape index (κ1) is 61.4. The Morgan fingerprint density at radius 3 is 0.545 bits per heavy atom. The van der Waals surface area contributed by atoms with Crippen LogP contribution in [0, 0.1) is 0 Å². The second-order valence-electron chi connectivity index (χ2n) is 19.5. The molecule has 0 radical (unpaired) electrons. The Morgan fingerprint density at radius 2 is 0.377 bits per heavy atom. The van der Waals surface area contributed by atoms with Gasteiger partial charge in [0.05, 0.1) is 39.6 Å². The highest BCUT2D eigenvalue weighted by molar-refractivity contribution is 5.57. The zero-order valence-electron chi connectivity index (χ0n) is 40.1. The molecule has 21 heterocycles. The summed E-state index contributed by atoms with van der Waals surface area (Å²) in [5, 5.41) is 220. The lowest BCUT2D eigenvalue weighted by Crippen LogP contribution is -2.68. The van der Waals surface area contributed by atoms with Crippen molar-refractivity contribution in [1.82, 2.24) is 0 Å². The summed E-state index contributed by atoms with van der Waals surface area (Å²) in [5.74, 6) is 0. The Morgan fingerprint density at radius 1 is 0.221 bits per heavy atom. The highest BCUT2D eigenvalue weighted by Gasteiger charge is 2.59. The van der Waals surface area contributed by atoms with E-state index in [0.29, 0.717) is 0 Å². The molecule has 77 heavy (non-hydrogen) atoms. The van der Waals surface area contributed by atoms with Crippen molar-refractivity contribution < 1.29 is 173 Å². The fourth-order valence-corrected chi connectivity index (χ4v) is 10.3. The molecule has 446 valence electrons. The van der Waals surface area contributed by atoms with Crippen LogP contribution in [-0.2, 0) is 71.1 Å². The van der Waals surface area contributed by atoms with E-state index in [1.54, 1.807) is 0 Å². The van der Waals surface area contributed by atoms with Crippen molar-refractivity contribution in [3.8, 4) is 0 Å². The fraction of sp³-hybridized carbons (Fsp3) is 0.976. The van der Waals surface area contributed by atoms with Crippen LogP contribution in [0.25, 0.3) is 0 Å². The molecule has 21 saturated heterocycles. The lowest BCUT2D eigenvalue weighted by Gasteiger charge is -2.50. The van der Waals surface area contributed by atoms with Crippen LogP contribution in [0.5, 0.6) is 0 Å². The summed E-state index contributed by atoms with van der Waals surface area (Å²) in [5.41, 5.74) is 0. The average Bonchev–Trinajstić information content (AvgIpc) is 3.45. The van der Waals surface area contributed by atoms with Gasteiger partial charge in [0.2, 0.25) is 0 Å². The molecular formula is C42H68O35. The van der Waals surface area contributed by atoms with Crippen molar-refractivity contribution in [3.05, 3.63) is 0 Å². The molecule has 14 bridgehead atoms. The molecule has 21 aliphatic heterocycles. The fourth-order valence-electron chi connectivity index (χ4n) is 10.3. The number of ether oxygens (including phenoxy) is 14. The number of aliphatic hydroxyl groups is 20. The number of carbonyl (C=O) groups excluding carboxylic acids is 1. The molecule has 7 unspecified atom stereocenters. The van der Waals surface area contributed by atoms with Gasteiger partial charge in [0.25, 0.3) is 0 Å². The number of hydrogen-bond acceptors (Lipinski definition) is 35.